The van der Waals surface area contributed by atoms with Crippen LogP contribution in [0.2, 0.25) is 0 Å². The maximum Gasteiger partial charge on any atom is 0.227 e. The Balaban J connectivity index is 3.92. The molecular formula is C8H16N2OS. The van der Waals surface area contributed by atoms with Gasteiger partial charge in [-0.3, -0.25) is 4.79 Å². The highest BCUT2D eigenvalue weighted by atomic mass is 32.1. The number of hydrogen-bond acceptors (Lipinski definition) is 2. The maximum absolute atomic E-state index is 11.1. The average Bonchev–Trinajstić information content (AvgIpc) is 1.84. The number of carbonyl (C=O) groups excluding carboxylic acids is 1. The van der Waals surface area contributed by atoms with Crippen LogP contribution in [0.5, 0.6) is 0 Å². The number of amides is 1. The van der Waals surface area contributed by atoms with Crippen LogP contribution in [0.4, 0.5) is 0 Å². The Morgan fingerprint density at radius 1 is 1.58 bits per heavy atom. The Labute approximate surface area is 78.7 Å². The first-order valence-electron chi connectivity index (χ1n) is 3.96. The zero-order valence-corrected chi connectivity index (χ0v) is 8.62. The summed E-state index contributed by atoms with van der Waals surface area (Å²) in [6, 6.07) is 0. The molecule has 0 aromatic heterocycles. The molecule has 0 fully saturated rings. The van der Waals surface area contributed by atoms with E-state index in [-0.39, 0.29) is 22.9 Å². The summed E-state index contributed by atoms with van der Waals surface area (Å²) in [4.78, 5) is 11.4. The van der Waals surface area contributed by atoms with Crippen molar-refractivity contribution in [2.45, 2.75) is 39.2 Å². The summed E-state index contributed by atoms with van der Waals surface area (Å²) in [5.41, 5.74) is 5.06. The second-order valence-electron chi connectivity index (χ2n) is 3.43. The Morgan fingerprint density at radius 3 is 2.42 bits per heavy atom. The van der Waals surface area contributed by atoms with Gasteiger partial charge in [0, 0.05) is 5.54 Å². The summed E-state index contributed by atoms with van der Waals surface area (Å²) in [5, 5.41) is 2.83. The van der Waals surface area contributed by atoms with E-state index < -0.39 is 0 Å². The number of thiocarbonyl (C=S) groups is 1. The molecule has 1 amide bonds. The number of nitrogens with one attached hydrogen (secondary N) is 1. The highest BCUT2D eigenvalue weighted by Crippen LogP contribution is 2.06. The summed E-state index contributed by atoms with van der Waals surface area (Å²) in [7, 11) is 0. The van der Waals surface area contributed by atoms with E-state index in [4.69, 9.17) is 5.73 Å². The van der Waals surface area contributed by atoms with Crippen molar-refractivity contribution in [2.75, 3.05) is 0 Å². The average molecular weight is 188 g/mol. The van der Waals surface area contributed by atoms with E-state index >= 15 is 0 Å². The minimum atomic E-state index is -0.165. The molecule has 0 heterocycles. The summed E-state index contributed by atoms with van der Waals surface area (Å²) < 4.78 is 0. The van der Waals surface area contributed by atoms with Crippen LogP contribution in [0.3, 0.4) is 0 Å². The van der Waals surface area contributed by atoms with Gasteiger partial charge in [0.1, 0.15) is 0 Å². The second kappa shape index (κ2) is 4.40. The standard InChI is InChI=1S/C8H16N2OS/c1-4-8(2,3)10-7(11)5-6(9)12/h4-5H2,1-3H3,(H2,9,12)(H,10,11). The second-order valence-corrected chi connectivity index (χ2v) is 3.95. The molecule has 0 aromatic rings. The van der Waals surface area contributed by atoms with Gasteiger partial charge in [-0.2, -0.15) is 0 Å². The number of nitrogens with two attached hydrogens (primary N) is 1. The first-order valence-corrected chi connectivity index (χ1v) is 4.37. The predicted molar refractivity (Wildman–Crippen MR) is 53.9 cm³/mol. The SMILES string of the molecule is CCC(C)(C)NC(=O)CC(N)=S. The van der Waals surface area contributed by atoms with E-state index in [1.807, 2.05) is 20.8 Å². The lowest BCUT2D eigenvalue weighted by Crippen LogP contribution is -2.43. The van der Waals surface area contributed by atoms with Crippen molar-refractivity contribution in [1.82, 2.24) is 5.32 Å². The van der Waals surface area contributed by atoms with Crippen molar-refractivity contribution in [3.05, 3.63) is 0 Å². The van der Waals surface area contributed by atoms with Gasteiger partial charge >= 0.3 is 0 Å². The van der Waals surface area contributed by atoms with Crippen LogP contribution in [0.1, 0.15) is 33.6 Å². The topological polar surface area (TPSA) is 55.1 Å². The van der Waals surface area contributed by atoms with Gasteiger partial charge in [-0.25, -0.2) is 0 Å². The lowest BCUT2D eigenvalue weighted by atomic mass is 10.0. The molecule has 70 valence electrons. The first-order chi connectivity index (χ1) is 5.37. The molecule has 0 aliphatic rings. The quantitative estimate of drug-likeness (QED) is 0.646. The predicted octanol–water partition coefficient (Wildman–Crippen LogP) is 0.967. The van der Waals surface area contributed by atoms with Gasteiger partial charge in [-0.05, 0) is 20.3 Å². The van der Waals surface area contributed by atoms with Gasteiger partial charge in [0.25, 0.3) is 0 Å². The molecule has 4 heteroatoms. The molecule has 0 aliphatic heterocycles. The molecule has 0 radical (unpaired) electrons. The molecular weight excluding hydrogens is 172 g/mol. The van der Waals surface area contributed by atoms with Crippen molar-refractivity contribution < 1.29 is 4.79 Å². The third kappa shape index (κ3) is 5.07. The number of rotatable bonds is 4. The molecule has 0 aliphatic carbocycles. The van der Waals surface area contributed by atoms with Crippen molar-refractivity contribution in [3.63, 3.8) is 0 Å². The first kappa shape index (κ1) is 11.4. The van der Waals surface area contributed by atoms with Gasteiger partial charge in [-0.15, -0.1) is 0 Å². The van der Waals surface area contributed by atoms with Gasteiger partial charge in [0.05, 0.1) is 11.4 Å². The van der Waals surface area contributed by atoms with E-state index in [0.29, 0.717) is 0 Å². The van der Waals surface area contributed by atoms with Crippen LogP contribution in [-0.2, 0) is 4.79 Å². The summed E-state index contributed by atoms with van der Waals surface area (Å²) in [5.74, 6) is -0.102. The highest BCUT2D eigenvalue weighted by Gasteiger charge is 2.17. The maximum atomic E-state index is 11.1. The molecule has 3 nitrogen and oxygen atoms in total. The van der Waals surface area contributed by atoms with Gasteiger partial charge in [0.15, 0.2) is 0 Å². The highest BCUT2D eigenvalue weighted by molar-refractivity contribution is 7.80. The smallest absolute Gasteiger partial charge is 0.227 e. The number of carbonyl (C=O) groups is 1. The van der Waals surface area contributed by atoms with Crippen molar-refractivity contribution >= 4 is 23.1 Å². The van der Waals surface area contributed by atoms with E-state index in [1.54, 1.807) is 0 Å². The lowest BCUT2D eigenvalue weighted by Gasteiger charge is -2.24. The summed E-state index contributed by atoms with van der Waals surface area (Å²) >= 11 is 4.61. The fourth-order valence-electron chi connectivity index (χ4n) is 0.668. The Kier molecular flexibility index (Phi) is 4.17. The fourth-order valence-corrected chi connectivity index (χ4v) is 0.799. The zero-order chi connectivity index (χ0) is 9.78. The van der Waals surface area contributed by atoms with Gasteiger partial charge in [-0.1, -0.05) is 19.1 Å². The molecule has 0 spiro atoms. The van der Waals surface area contributed by atoms with Crippen LogP contribution in [-0.4, -0.2) is 16.4 Å². The van der Waals surface area contributed by atoms with Crippen LogP contribution in [0.25, 0.3) is 0 Å². The largest absolute Gasteiger partial charge is 0.393 e. The van der Waals surface area contributed by atoms with Gasteiger partial charge in [0.2, 0.25) is 5.91 Å². The molecule has 12 heavy (non-hydrogen) atoms. The van der Waals surface area contributed by atoms with Crippen molar-refractivity contribution in [1.29, 1.82) is 0 Å². The molecule has 0 saturated carbocycles. The zero-order valence-electron chi connectivity index (χ0n) is 7.81. The minimum Gasteiger partial charge on any atom is -0.393 e. The lowest BCUT2D eigenvalue weighted by molar-refractivity contribution is -0.121. The van der Waals surface area contributed by atoms with Crippen molar-refractivity contribution in [3.8, 4) is 0 Å². The normalized spacial score (nSPS) is 10.9. The third-order valence-electron chi connectivity index (χ3n) is 1.70. The fraction of sp³-hybridized carbons (Fsp3) is 0.750. The van der Waals surface area contributed by atoms with E-state index in [2.05, 4.69) is 17.5 Å². The molecule has 0 rings (SSSR count). The summed E-state index contributed by atoms with van der Waals surface area (Å²) in [6.07, 6.45) is 1.02. The Morgan fingerprint density at radius 2 is 2.08 bits per heavy atom. The minimum absolute atomic E-state index is 0.102. The molecule has 0 atom stereocenters. The Bertz CT molecular complexity index is 189. The molecule has 3 N–H and O–H groups in total. The van der Waals surface area contributed by atoms with E-state index in [0.717, 1.165) is 6.42 Å². The molecule has 0 unspecified atom stereocenters. The molecule has 0 saturated heterocycles. The van der Waals surface area contributed by atoms with Gasteiger partial charge < -0.3 is 11.1 Å². The van der Waals surface area contributed by atoms with Crippen molar-refractivity contribution in [2.24, 2.45) is 5.73 Å². The van der Waals surface area contributed by atoms with E-state index in [1.165, 1.54) is 0 Å². The number of hydrogen-bond donors (Lipinski definition) is 2. The third-order valence-corrected chi connectivity index (χ3v) is 1.84. The van der Waals surface area contributed by atoms with Crippen LogP contribution in [0, 0.1) is 0 Å². The summed E-state index contributed by atoms with van der Waals surface area (Å²) in [6.45, 7) is 5.94. The molecule has 0 bridgehead atoms. The van der Waals surface area contributed by atoms with E-state index in [9.17, 15) is 4.79 Å². The monoisotopic (exact) mass is 188 g/mol. The van der Waals surface area contributed by atoms with Crippen LogP contribution < -0.4 is 11.1 Å². The van der Waals surface area contributed by atoms with Crippen LogP contribution in [0.15, 0.2) is 0 Å². The van der Waals surface area contributed by atoms with Crippen LogP contribution >= 0.6 is 12.2 Å². The molecule has 0 aromatic carbocycles. The Hall–Kier alpha value is -0.640.